The van der Waals surface area contributed by atoms with Crippen molar-refractivity contribution >= 4 is 29.2 Å². The highest BCUT2D eigenvalue weighted by molar-refractivity contribution is 7.98. The van der Waals surface area contributed by atoms with Crippen LogP contribution in [0.3, 0.4) is 0 Å². The van der Waals surface area contributed by atoms with E-state index in [0.717, 1.165) is 10.6 Å². The lowest BCUT2D eigenvalue weighted by Gasteiger charge is -2.08. The van der Waals surface area contributed by atoms with E-state index in [1.807, 2.05) is 12.1 Å². The van der Waals surface area contributed by atoms with Crippen LogP contribution in [0.4, 0.5) is 0 Å². The molecule has 0 aromatic heterocycles. The Hall–Kier alpha value is -1.45. The second-order valence-electron chi connectivity index (χ2n) is 4.84. The molecule has 0 saturated heterocycles. The lowest BCUT2D eigenvalue weighted by molar-refractivity contribution is 1.29. The summed E-state index contributed by atoms with van der Waals surface area (Å²) < 4.78 is 0. The molecule has 0 saturated carbocycles. The van der Waals surface area contributed by atoms with Crippen LogP contribution in [0, 0.1) is 19.3 Å². The van der Waals surface area contributed by atoms with Crippen LogP contribution in [0.15, 0.2) is 41.3 Å². The van der Waals surface area contributed by atoms with Gasteiger partial charge in [-0.1, -0.05) is 47.0 Å². The summed E-state index contributed by atoms with van der Waals surface area (Å²) in [5.41, 5.74) is 9.95. The zero-order valence-corrected chi connectivity index (χ0v) is 13.1. The molecule has 0 radical (unpaired) electrons. The fourth-order valence-corrected chi connectivity index (χ4v) is 3.29. The standard InChI is InChI=1S/C16H17ClN2S/c1-10-5-11(2)7-12(6-10)9-20-15-4-3-13(16(18)19)8-14(15)17/h3-8H,9H2,1-2H3,(H3,18,19). The average molecular weight is 305 g/mol. The van der Waals surface area contributed by atoms with Crippen LogP contribution >= 0.6 is 23.4 Å². The summed E-state index contributed by atoms with van der Waals surface area (Å²) >= 11 is 7.92. The predicted molar refractivity (Wildman–Crippen MR) is 87.9 cm³/mol. The van der Waals surface area contributed by atoms with E-state index in [1.54, 1.807) is 17.8 Å². The van der Waals surface area contributed by atoms with Crippen LogP contribution in [-0.4, -0.2) is 5.84 Å². The van der Waals surface area contributed by atoms with Crippen LogP contribution in [0.2, 0.25) is 5.02 Å². The predicted octanol–water partition coefficient (Wildman–Crippen LogP) is 4.53. The first-order valence-electron chi connectivity index (χ1n) is 6.29. The number of hydrogen-bond donors (Lipinski definition) is 2. The van der Waals surface area contributed by atoms with Crippen molar-refractivity contribution in [3.63, 3.8) is 0 Å². The van der Waals surface area contributed by atoms with Crippen LogP contribution < -0.4 is 5.73 Å². The molecule has 20 heavy (non-hydrogen) atoms. The van der Waals surface area contributed by atoms with Crippen molar-refractivity contribution in [1.29, 1.82) is 5.41 Å². The third-order valence-electron chi connectivity index (χ3n) is 2.92. The van der Waals surface area contributed by atoms with Gasteiger partial charge in [0.15, 0.2) is 0 Å². The van der Waals surface area contributed by atoms with E-state index in [9.17, 15) is 0 Å². The minimum Gasteiger partial charge on any atom is -0.384 e. The van der Waals surface area contributed by atoms with Crippen molar-refractivity contribution in [3.05, 3.63) is 63.7 Å². The minimum atomic E-state index is 0.0396. The van der Waals surface area contributed by atoms with Crippen LogP contribution in [0.1, 0.15) is 22.3 Å². The molecule has 2 aromatic rings. The normalized spacial score (nSPS) is 10.6. The molecule has 0 fully saturated rings. The Labute approximate surface area is 128 Å². The monoisotopic (exact) mass is 304 g/mol. The molecule has 4 heteroatoms. The van der Waals surface area contributed by atoms with E-state index < -0.39 is 0 Å². The van der Waals surface area contributed by atoms with Gasteiger partial charge in [-0.15, -0.1) is 11.8 Å². The quantitative estimate of drug-likeness (QED) is 0.495. The number of thioether (sulfide) groups is 1. The first kappa shape index (κ1) is 14.9. The van der Waals surface area contributed by atoms with Gasteiger partial charge in [-0.05, 0) is 31.5 Å². The maximum absolute atomic E-state index is 7.40. The first-order valence-corrected chi connectivity index (χ1v) is 7.66. The molecule has 2 aromatic carbocycles. The lowest BCUT2D eigenvalue weighted by Crippen LogP contribution is -2.10. The Morgan fingerprint density at radius 2 is 1.80 bits per heavy atom. The molecule has 0 atom stereocenters. The van der Waals surface area contributed by atoms with E-state index in [1.165, 1.54) is 16.7 Å². The van der Waals surface area contributed by atoms with Crippen LogP contribution in [-0.2, 0) is 5.75 Å². The molecule has 0 spiro atoms. The molecule has 0 bridgehead atoms. The summed E-state index contributed by atoms with van der Waals surface area (Å²) in [6.07, 6.45) is 0. The fraction of sp³-hybridized carbons (Fsp3) is 0.188. The molecule has 3 N–H and O–H groups in total. The molecule has 0 aliphatic rings. The smallest absolute Gasteiger partial charge is 0.122 e. The second kappa shape index (κ2) is 6.33. The number of rotatable bonds is 4. The van der Waals surface area contributed by atoms with Crippen molar-refractivity contribution < 1.29 is 0 Å². The fourth-order valence-electron chi connectivity index (χ4n) is 2.10. The van der Waals surface area contributed by atoms with Gasteiger partial charge < -0.3 is 5.73 Å². The van der Waals surface area contributed by atoms with Gasteiger partial charge >= 0.3 is 0 Å². The Morgan fingerprint density at radius 1 is 1.15 bits per heavy atom. The first-order chi connectivity index (χ1) is 9.45. The van der Waals surface area contributed by atoms with Crippen LogP contribution in [0.25, 0.3) is 0 Å². The van der Waals surface area contributed by atoms with E-state index in [-0.39, 0.29) is 5.84 Å². The maximum atomic E-state index is 7.40. The third kappa shape index (κ3) is 3.78. The van der Waals surface area contributed by atoms with E-state index in [2.05, 4.69) is 32.0 Å². The average Bonchev–Trinajstić information content (AvgIpc) is 2.36. The SMILES string of the molecule is Cc1cc(C)cc(CSc2ccc(C(=N)N)cc2Cl)c1. The van der Waals surface area contributed by atoms with Gasteiger partial charge in [-0.3, -0.25) is 5.41 Å². The van der Waals surface area contributed by atoms with Crippen molar-refractivity contribution in [2.24, 2.45) is 5.73 Å². The molecular weight excluding hydrogens is 288 g/mol. The van der Waals surface area contributed by atoms with Gasteiger partial charge in [0.2, 0.25) is 0 Å². The summed E-state index contributed by atoms with van der Waals surface area (Å²) in [6, 6.07) is 12.1. The zero-order valence-electron chi connectivity index (χ0n) is 11.5. The van der Waals surface area contributed by atoms with Crippen molar-refractivity contribution in [2.75, 3.05) is 0 Å². The highest BCUT2D eigenvalue weighted by Gasteiger charge is 2.05. The van der Waals surface area contributed by atoms with Gasteiger partial charge in [-0.2, -0.15) is 0 Å². The summed E-state index contributed by atoms with van der Waals surface area (Å²) in [5, 5.41) is 8.04. The number of benzene rings is 2. The topological polar surface area (TPSA) is 49.9 Å². The molecule has 2 nitrogen and oxygen atoms in total. The highest BCUT2D eigenvalue weighted by Crippen LogP contribution is 2.30. The van der Waals surface area contributed by atoms with Crippen molar-refractivity contribution in [2.45, 2.75) is 24.5 Å². The number of halogens is 1. The molecule has 0 aliphatic heterocycles. The maximum Gasteiger partial charge on any atom is 0.122 e. The molecule has 0 amide bonds. The minimum absolute atomic E-state index is 0.0396. The number of hydrogen-bond acceptors (Lipinski definition) is 2. The summed E-state index contributed by atoms with van der Waals surface area (Å²) in [4.78, 5) is 1.01. The summed E-state index contributed by atoms with van der Waals surface area (Å²) in [7, 11) is 0. The van der Waals surface area contributed by atoms with E-state index in [4.69, 9.17) is 22.7 Å². The second-order valence-corrected chi connectivity index (χ2v) is 6.27. The van der Waals surface area contributed by atoms with Gasteiger partial charge in [0.25, 0.3) is 0 Å². The third-order valence-corrected chi connectivity index (χ3v) is 4.49. The van der Waals surface area contributed by atoms with Gasteiger partial charge in [0.1, 0.15) is 5.84 Å². The number of nitrogens with one attached hydrogen (secondary N) is 1. The molecule has 0 aliphatic carbocycles. The highest BCUT2D eigenvalue weighted by atomic mass is 35.5. The van der Waals surface area contributed by atoms with Crippen molar-refractivity contribution in [1.82, 2.24) is 0 Å². The van der Waals surface area contributed by atoms with Crippen LogP contribution in [0.5, 0.6) is 0 Å². The van der Waals surface area contributed by atoms with E-state index >= 15 is 0 Å². The van der Waals surface area contributed by atoms with Gasteiger partial charge in [0, 0.05) is 16.2 Å². The Bertz CT molecular complexity index is 633. The molecule has 0 unspecified atom stereocenters. The van der Waals surface area contributed by atoms with Crippen molar-refractivity contribution in [3.8, 4) is 0 Å². The Morgan fingerprint density at radius 3 is 2.35 bits per heavy atom. The number of amidine groups is 1. The van der Waals surface area contributed by atoms with Gasteiger partial charge in [0.05, 0.1) is 5.02 Å². The van der Waals surface area contributed by atoms with Gasteiger partial charge in [-0.25, -0.2) is 0 Å². The molecule has 2 rings (SSSR count). The molecule has 0 heterocycles. The Kier molecular flexibility index (Phi) is 4.73. The lowest BCUT2D eigenvalue weighted by atomic mass is 10.1. The number of aryl methyl sites for hydroxylation is 2. The number of nitrogen functional groups attached to an aromatic ring is 1. The summed E-state index contributed by atoms with van der Waals surface area (Å²) in [5.74, 6) is 0.916. The Balaban J connectivity index is 2.12. The molecule has 104 valence electrons. The molecular formula is C16H17ClN2S. The number of nitrogens with two attached hydrogens (primary N) is 1. The zero-order chi connectivity index (χ0) is 14.7. The largest absolute Gasteiger partial charge is 0.384 e. The summed E-state index contributed by atoms with van der Waals surface area (Å²) in [6.45, 7) is 4.21. The van der Waals surface area contributed by atoms with E-state index in [0.29, 0.717) is 10.6 Å².